The van der Waals surface area contributed by atoms with Crippen LogP contribution in [0.5, 0.6) is 0 Å². The maximum absolute atomic E-state index is 12.5. The molecule has 2 rings (SSSR count). The van der Waals surface area contributed by atoms with Crippen molar-refractivity contribution in [1.82, 2.24) is 15.5 Å². The predicted octanol–water partition coefficient (Wildman–Crippen LogP) is 1.23. The maximum Gasteiger partial charge on any atom is 0.251 e. The van der Waals surface area contributed by atoms with Gasteiger partial charge in [0.1, 0.15) is 6.04 Å². The number of nitrogens with one attached hydrogen (secondary N) is 2. The monoisotopic (exact) mass is 353 g/mol. The quantitative estimate of drug-likeness (QED) is 0.786. The Morgan fingerprint density at radius 3 is 2.08 bits per heavy atom. The molecule has 26 heavy (non-hydrogen) atoms. The number of carbonyl (C=O) groups is 3. The summed E-state index contributed by atoms with van der Waals surface area (Å²) < 4.78 is 0. The predicted molar refractivity (Wildman–Crippen MR) is 99.5 cm³/mol. The summed E-state index contributed by atoms with van der Waals surface area (Å²) in [4.78, 5) is 38.1. The number of amides is 3. The van der Waals surface area contributed by atoms with Gasteiger partial charge >= 0.3 is 0 Å². The largest absolute Gasteiger partial charge is 0.347 e. The average molecular weight is 353 g/mol. The van der Waals surface area contributed by atoms with Crippen molar-refractivity contribution in [2.75, 3.05) is 20.6 Å². The zero-order valence-electron chi connectivity index (χ0n) is 14.9. The summed E-state index contributed by atoms with van der Waals surface area (Å²) in [5.74, 6) is -0.944. The summed E-state index contributed by atoms with van der Waals surface area (Å²) in [6.45, 7) is -0.113. The molecule has 2 N–H and O–H groups in total. The van der Waals surface area contributed by atoms with Gasteiger partial charge in [0.05, 0.1) is 6.54 Å². The minimum Gasteiger partial charge on any atom is -0.347 e. The Kier molecular flexibility index (Phi) is 6.91. The van der Waals surface area contributed by atoms with Crippen molar-refractivity contribution in [3.05, 3.63) is 71.8 Å². The Bertz CT molecular complexity index is 745. The van der Waals surface area contributed by atoms with Gasteiger partial charge in [0, 0.05) is 26.1 Å². The van der Waals surface area contributed by atoms with Crippen molar-refractivity contribution in [2.45, 2.75) is 12.5 Å². The van der Waals surface area contributed by atoms with Crippen LogP contribution < -0.4 is 10.6 Å². The third-order valence-corrected chi connectivity index (χ3v) is 3.85. The van der Waals surface area contributed by atoms with Crippen molar-refractivity contribution < 1.29 is 14.4 Å². The molecule has 136 valence electrons. The molecule has 0 fully saturated rings. The highest BCUT2D eigenvalue weighted by Gasteiger charge is 2.22. The van der Waals surface area contributed by atoms with E-state index in [-0.39, 0.29) is 18.4 Å². The molecule has 6 nitrogen and oxygen atoms in total. The fourth-order valence-electron chi connectivity index (χ4n) is 2.33. The molecule has 0 spiro atoms. The molecule has 0 unspecified atom stereocenters. The van der Waals surface area contributed by atoms with Gasteiger partial charge < -0.3 is 15.5 Å². The second-order valence-electron chi connectivity index (χ2n) is 6.09. The van der Waals surface area contributed by atoms with E-state index >= 15 is 0 Å². The highest BCUT2D eigenvalue weighted by Crippen LogP contribution is 2.06. The molecule has 3 amide bonds. The number of rotatable bonds is 7. The summed E-state index contributed by atoms with van der Waals surface area (Å²) in [5.41, 5.74) is 1.39. The first-order chi connectivity index (χ1) is 12.5. The molecule has 0 aliphatic heterocycles. The first-order valence-corrected chi connectivity index (χ1v) is 8.35. The van der Waals surface area contributed by atoms with Crippen LogP contribution in [0.3, 0.4) is 0 Å². The molecule has 0 saturated carbocycles. The van der Waals surface area contributed by atoms with Crippen LogP contribution in [-0.2, 0) is 16.0 Å². The van der Waals surface area contributed by atoms with Gasteiger partial charge in [0.2, 0.25) is 11.8 Å². The number of carbonyl (C=O) groups excluding carboxylic acids is 3. The maximum atomic E-state index is 12.5. The second kappa shape index (κ2) is 9.36. The van der Waals surface area contributed by atoms with Crippen LogP contribution >= 0.6 is 0 Å². The average Bonchev–Trinajstić information content (AvgIpc) is 2.66. The number of benzene rings is 2. The number of likely N-dealkylation sites (N-methyl/N-ethyl adjacent to an activating group) is 1. The summed E-state index contributed by atoms with van der Waals surface area (Å²) in [6.07, 6.45) is 0.335. The highest BCUT2D eigenvalue weighted by atomic mass is 16.2. The molecule has 0 bridgehead atoms. The van der Waals surface area contributed by atoms with E-state index in [0.29, 0.717) is 12.0 Å². The molecule has 2 aromatic carbocycles. The van der Waals surface area contributed by atoms with Gasteiger partial charge in [0.15, 0.2) is 0 Å². The van der Waals surface area contributed by atoms with Gasteiger partial charge in [-0.3, -0.25) is 14.4 Å². The molecule has 0 aliphatic carbocycles. The molecular formula is C20H23N3O3. The van der Waals surface area contributed by atoms with Crippen LogP contribution in [0.25, 0.3) is 0 Å². The van der Waals surface area contributed by atoms with Gasteiger partial charge in [0.25, 0.3) is 5.91 Å². The normalized spacial score (nSPS) is 11.3. The van der Waals surface area contributed by atoms with Crippen LogP contribution in [0, 0.1) is 0 Å². The lowest BCUT2D eigenvalue weighted by atomic mass is 10.0. The first-order valence-electron chi connectivity index (χ1n) is 8.35. The number of nitrogens with zero attached hydrogens (tertiary/aromatic N) is 1. The number of hydrogen-bond donors (Lipinski definition) is 2. The van der Waals surface area contributed by atoms with E-state index < -0.39 is 11.9 Å². The Labute approximate surface area is 153 Å². The lowest BCUT2D eigenvalue weighted by molar-refractivity contribution is -0.131. The van der Waals surface area contributed by atoms with E-state index in [9.17, 15) is 14.4 Å². The van der Waals surface area contributed by atoms with E-state index in [4.69, 9.17) is 0 Å². The summed E-state index contributed by atoms with van der Waals surface area (Å²) in [7, 11) is 3.24. The van der Waals surface area contributed by atoms with Gasteiger partial charge in [-0.15, -0.1) is 0 Å². The van der Waals surface area contributed by atoms with E-state index in [0.717, 1.165) is 5.56 Å². The summed E-state index contributed by atoms with van der Waals surface area (Å²) in [5, 5.41) is 5.35. The van der Waals surface area contributed by atoms with Crippen molar-refractivity contribution in [1.29, 1.82) is 0 Å². The van der Waals surface area contributed by atoms with Crippen LogP contribution in [-0.4, -0.2) is 49.3 Å². The van der Waals surface area contributed by atoms with Gasteiger partial charge in [-0.25, -0.2) is 0 Å². The number of hydrogen-bond acceptors (Lipinski definition) is 3. The Balaban J connectivity index is 2.09. The second-order valence-corrected chi connectivity index (χ2v) is 6.09. The molecule has 2 aromatic rings. The molecule has 1 atom stereocenters. The zero-order valence-corrected chi connectivity index (χ0v) is 14.9. The van der Waals surface area contributed by atoms with E-state index in [2.05, 4.69) is 10.6 Å². The Morgan fingerprint density at radius 1 is 0.923 bits per heavy atom. The molecule has 0 heterocycles. The SMILES string of the molecule is CN(C)C(=O)CNC(=O)[C@@H](Cc1ccccc1)NC(=O)c1ccccc1. The molecule has 0 aliphatic rings. The van der Waals surface area contributed by atoms with Crippen LogP contribution in [0.15, 0.2) is 60.7 Å². The molecule has 0 aromatic heterocycles. The van der Waals surface area contributed by atoms with Crippen LogP contribution in [0.1, 0.15) is 15.9 Å². The van der Waals surface area contributed by atoms with Crippen molar-refractivity contribution >= 4 is 17.7 Å². The first kappa shape index (κ1) is 19.2. The van der Waals surface area contributed by atoms with Crippen molar-refractivity contribution in [3.8, 4) is 0 Å². The van der Waals surface area contributed by atoms with Crippen LogP contribution in [0.4, 0.5) is 0 Å². The Hall–Kier alpha value is -3.15. The zero-order chi connectivity index (χ0) is 18.9. The van der Waals surface area contributed by atoms with E-state index in [1.807, 2.05) is 36.4 Å². The molecule has 0 saturated heterocycles. The Morgan fingerprint density at radius 2 is 1.50 bits per heavy atom. The summed E-state index contributed by atoms with van der Waals surface area (Å²) in [6, 6.07) is 17.3. The highest BCUT2D eigenvalue weighted by molar-refractivity contribution is 5.98. The van der Waals surface area contributed by atoms with Crippen molar-refractivity contribution in [3.63, 3.8) is 0 Å². The lowest BCUT2D eigenvalue weighted by Gasteiger charge is -2.19. The topological polar surface area (TPSA) is 78.5 Å². The lowest BCUT2D eigenvalue weighted by Crippen LogP contribution is -2.50. The van der Waals surface area contributed by atoms with Gasteiger partial charge in [-0.2, -0.15) is 0 Å². The minimum absolute atomic E-state index is 0.113. The van der Waals surface area contributed by atoms with Crippen LogP contribution in [0.2, 0.25) is 0 Å². The molecular weight excluding hydrogens is 330 g/mol. The fraction of sp³-hybridized carbons (Fsp3) is 0.250. The molecule has 6 heteroatoms. The smallest absolute Gasteiger partial charge is 0.251 e. The van der Waals surface area contributed by atoms with Crippen molar-refractivity contribution in [2.24, 2.45) is 0 Å². The minimum atomic E-state index is -0.778. The third kappa shape index (κ3) is 5.73. The molecule has 0 radical (unpaired) electrons. The van der Waals surface area contributed by atoms with Gasteiger partial charge in [-0.1, -0.05) is 48.5 Å². The van der Waals surface area contributed by atoms with E-state index in [1.54, 1.807) is 38.4 Å². The third-order valence-electron chi connectivity index (χ3n) is 3.85. The standard InChI is InChI=1S/C20H23N3O3/c1-23(2)18(24)14-21-20(26)17(13-15-9-5-3-6-10-15)22-19(25)16-11-7-4-8-12-16/h3-12,17H,13-14H2,1-2H3,(H,21,26)(H,22,25)/t17-/m1/s1. The summed E-state index contributed by atoms with van der Waals surface area (Å²) >= 11 is 0. The van der Waals surface area contributed by atoms with Gasteiger partial charge in [-0.05, 0) is 17.7 Å². The van der Waals surface area contributed by atoms with E-state index in [1.165, 1.54) is 4.90 Å². The fourth-order valence-corrected chi connectivity index (χ4v) is 2.33.